The standard InChI is InChI=1S/C15H21NO/c1-4-12(5-2)14(10-15(16)17)13-9-7-6-8-11(13)3/h6-9H,4-5,10H2,1-3H3,(H2,16,17). The van der Waals surface area contributed by atoms with Crippen LogP contribution in [0.4, 0.5) is 0 Å². The fraction of sp³-hybridized carbons (Fsp3) is 0.400. The number of hydrogen-bond donors (Lipinski definition) is 1. The maximum atomic E-state index is 11.2. The molecule has 1 aromatic carbocycles. The van der Waals surface area contributed by atoms with Crippen LogP contribution >= 0.6 is 0 Å². The third-order valence-electron chi connectivity index (χ3n) is 3.10. The second kappa shape index (κ2) is 6.24. The first-order valence-corrected chi connectivity index (χ1v) is 6.15. The lowest BCUT2D eigenvalue weighted by atomic mass is 9.91. The average molecular weight is 231 g/mol. The van der Waals surface area contributed by atoms with E-state index < -0.39 is 0 Å². The van der Waals surface area contributed by atoms with Gasteiger partial charge in [0.2, 0.25) is 5.91 Å². The molecule has 0 radical (unpaired) electrons. The lowest BCUT2D eigenvalue weighted by Gasteiger charge is -2.14. The summed E-state index contributed by atoms with van der Waals surface area (Å²) in [6.07, 6.45) is 2.27. The number of aryl methyl sites for hydroxylation is 1. The SMILES string of the molecule is CCC(CC)=C(CC(N)=O)c1ccccc1C. The van der Waals surface area contributed by atoms with E-state index in [1.807, 2.05) is 12.1 Å². The van der Waals surface area contributed by atoms with Crippen molar-refractivity contribution < 1.29 is 4.79 Å². The average Bonchev–Trinajstić information content (AvgIpc) is 2.29. The van der Waals surface area contributed by atoms with Gasteiger partial charge in [-0.25, -0.2) is 0 Å². The van der Waals surface area contributed by atoms with Gasteiger partial charge in [-0.05, 0) is 36.5 Å². The van der Waals surface area contributed by atoms with Gasteiger partial charge in [0, 0.05) is 0 Å². The maximum Gasteiger partial charge on any atom is 0.221 e. The largest absolute Gasteiger partial charge is 0.369 e. The third kappa shape index (κ3) is 3.45. The van der Waals surface area contributed by atoms with Crippen LogP contribution in [0, 0.1) is 6.92 Å². The molecule has 0 saturated heterocycles. The van der Waals surface area contributed by atoms with Crippen LogP contribution in [-0.4, -0.2) is 5.91 Å². The Morgan fingerprint density at radius 2 is 1.76 bits per heavy atom. The molecule has 0 aromatic heterocycles. The summed E-state index contributed by atoms with van der Waals surface area (Å²) >= 11 is 0. The summed E-state index contributed by atoms with van der Waals surface area (Å²) < 4.78 is 0. The summed E-state index contributed by atoms with van der Waals surface area (Å²) in [7, 11) is 0. The summed E-state index contributed by atoms with van der Waals surface area (Å²) in [5, 5.41) is 0. The molecule has 0 saturated carbocycles. The molecule has 1 amide bonds. The van der Waals surface area contributed by atoms with Crippen molar-refractivity contribution in [1.82, 2.24) is 0 Å². The zero-order valence-electron chi connectivity index (χ0n) is 10.9. The van der Waals surface area contributed by atoms with Crippen LogP contribution in [0.3, 0.4) is 0 Å². The van der Waals surface area contributed by atoms with Crippen molar-refractivity contribution in [3.05, 3.63) is 41.0 Å². The summed E-state index contributed by atoms with van der Waals surface area (Å²) in [5.41, 5.74) is 10.1. The Labute approximate surface area is 104 Å². The highest BCUT2D eigenvalue weighted by Gasteiger charge is 2.11. The van der Waals surface area contributed by atoms with Crippen LogP contribution in [0.5, 0.6) is 0 Å². The van der Waals surface area contributed by atoms with Gasteiger partial charge in [0.25, 0.3) is 0 Å². The van der Waals surface area contributed by atoms with Gasteiger partial charge < -0.3 is 5.73 Å². The smallest absolute Gasteiger partial charge is 0.221 e. The number of rotatable bonds is 5. The van der Waals surface area contributed by atoms with Crippen LogP contribution in [0.15, 0.2) is 29.8 Å². The molecule has 17 heavy (non-hydrogen) atoms. The molecule has 0 atom stereocenters. The van der Waals surface area contributed by atoms with Crippen molar-refractivity contribution in [2.45, 2.75) is 40.0 Å². The molecule has 0 aliphatic carbocycles. The number of allylic oxidation sites excluding steroid dienone is 1. The number of amides is 1. The lowest BCUT2D eigenvalue weighted by molar-refractivity contribution is -0.117. The van der Waals surface area contributed by atoms with E-state index in [0.29, 0.717) is 6.42 Å². The highest BCUT2D eigenvalue weighted by Crippen LogP contribution is 2.28. The summed E-state index contributed by atoms with van der Waals surface area (Å²) in [6.45, 7) is 6.31. The minimum Gasteiger partial charge on any atom is -0.369 e. The van der Waals surface area contributed by atoms with Gasteiger partial charge in [-0.15, -0.1) is 0 Å². The molecule has 2 N–H and O–H groups in total. The zero-order valence-corrected chi connectivity index (χ0v) is 10.9. The Morgan fingerprint density at radius 1 is 1.18 bits per heavy atom. The molecule has 2 heteroatoms. The Balaban J connectivity index is 3.29. The molecule has 1 aromatic rings. The Morgan fingerprint density at radius 3 is 2.24 bits per heavy atom. The maximum absolute atomic E-state index is 11.2. The first-order valence-electron chi connectivity index (χ1n) is 6.15. The molecule has 0 heterocycles. The third-order valence-corrected chi connectivity index (χ3v) is 3.10. The Kier molecular flexibility index (Phi) is 4.95. The summed E-state index contributed by atoms with van der Waals surface area (Å²) in [6, 6.07) is 8.16. The monoisotopic (exact) mass is 231 g/mol. The zero-order chi connectivity index (χ0) is 12.8. The second-order valence-corrected chi connectivity index (χ2v) is 4.25. The van der Waals surface area contributed by atoms with Crippen molar-refractivity contribution >= 4 is 11.5 Å². The number of benzene rings is 1. The predicted molar refractivity (Wildman–Crippen MR) is 72.5 cm³/mol. The van der Waals surface area contributed by atoms with Crippen molar-refractivity contribution in [2.24, 2.45) is 5.73 Å². The second-order valence-electron chi connectivity index (χ2n) is 4.25. The number of primary amides is 1. The van der Waals surface area contributed by atoms with Gasteiger partial charge in [0.1, 0.15) is 0 Å². The van der Waals surface area contributed by atoms with Crippen LogP contribution in [0.25, 0.3) is 5.57 Å². The molecule has 1 rings (SSSR count). The van der Waals surface area contributed by atoms with Crippen molar-refractivity contribution in [1.29, 1.82) is 0 Å². The summed E-state index contributed by atoms with van der Waals surface area (Å²) in [5.74, 6) is -0.261. The molecular weight excluding hydrogens is 210 g/mol. The molecule has 92 valence electrons. The molecule has 0 fully saturated rings. The molecule has 0 aliphatic rings. The van der Waals surface area contributed by atoms with E-state index in [2.05, 4.69) is 32.9 Å². The number of carbonyl (C=O) groups is 1. The highest BCUT2D eigenvalue weighted by molar-refractivity contribution is 5.89. The quantitative estimate of drug-likeness (QED) is 0.828. The topological polar surface area (TPSA) is 43.1 Å². The predicted octanol–water partition coefficient (Wildman–Crippen LogP) is 3.44. The van der Waals surface area contributed by atoms with E-state index in [1.165, 1.54) is 11.1 Å². The fourth-order valence-corrected chi connectivity index (χ4v) is 2.17. The van der Waals surface area contributed by atoms with Crippen LogP contribution < -0.4 is 5.73 Å². The van der Waals surface area contributed by atoms with Gasteiger partial charge in [-0.2, -0.15) is 0 Å². The minimum atomic E-state index is -0.261. The molecule has 0 aliphatic heterocycles. The van der Waals surface area contributed by atoms with Gasteiger partial charge in [-0.1, -0.05) is 43.7 Å². The van der Waals surface area contributed by atoms with E-state index in [1.54, 1.807) is 0 Å². The fourth-order valence-electron chi connectivity index (χ4n) is 2.17. The summed E-state index contributed by atoms with van der Waals surface area (Å²) in [4.78, 5) is 11.2. The first-order chi connectivity index (χ1) is 8.10. The van der Waals surface area contributed by atoms with E-state index in [4.69, 9.17) is 5.73 Å². The highest BCUT2D eigenvalue weighted by atomic mass is 16.1. The molecular formula is C15H21NO. The van der Waals surface area contributed by atoms with E-state index in [0.717, 1.165) is 24.0 Å². The number of carbonyl (C=O) groups excluding carboxylic acids is 1. The van der Waals surface area contributed by atoms with Crippen LogP contribution in [0.2, 0.25) is 0 Å². The molecule has 0 unspecified atom stereocenters. The molecule has 0 bridgehead atoms. The van der Waals surface area contributed by atoms with Crippen molar-refractivity contribution in [3.8, 4) is 0 Å². The molecule has 2 nitrogen and oxygen atoms in total. The first kappa shape index (κ1) is 13.5. The van der Waals surface area contributed by atoms with E-state index in [9.17, 15) is 4.79 Å². The van der Waals surface area contributed by atoms with E-state index in [-0.39, 0.29) is 5.91 Å². The van der Waals surface area contributed by atoms with Crippen LogP contribution in [-0.2, 0) is 4.79 Å². The Hall–Kier alpha value is -1.57. The van der Waals surface area contributed by atoms with Gasteiger partial charge in [0.05, 0.1) is 6.42 Å². The van der Waals surface area contributed by atoms with Crippen molar-refractivity contribution in [3.63, 3.8) is 0 Å². The Bertz CT molecular complexity index is 426. The van der Waals surface area contributed by atoms with Crippen molar-refractivity contribution in [2.75, 3.05) is 0 Å². The normalized spacial score (nSPS) is 10.1. The van der Waals surface area contributed by atoms with Crippen LogP contribution in [0.1, 0.15) is 44.2 Å². The molecule has 0 spiro atoms. The number of hydrogen-bond acceptors (Lipinski definition) is 1. The van der Waals surface area contributed by atoms with Gasteiger partial charge >= 0.3 is 0 Å². The van der Waals surface area contributed by atoms with Gasteiger partial charge in [-0.3, -0.25) is 4.79 Å². The lowest BCUT2D eigenvalue weighted by Crippen LogP contribution is -2.12. The van der Waals surface area contributed by atoms with Gasteiger partial charge in [0.15, 0.2) is 0 Å². The minimum absolute atomic E-state index is 0.261. The number of nitrogens with two attached hydrogens (primary N) is 1. The van der Waals surface area contributed by atoms with E-state index >= 15 is 0 Å².